The lowest BCUT2D eigenvalue weighted by Gasteiger charge is -2.24. The van der Waals surface area contributed by atoms with Crippen molar-refractivity contribution in [3.8, 4) is 33.3 Å². The third-order valence-corrected chi connectivity index (χ3v) is 13.0. The van der Waals surface area contributed by atoms with E-state index in [0.717, 1.165) is 56.3 Å². The summed E-state index contributed by atoms with van der Waals surface area (Å²) >= 11 is 4.90. The average molecular weight is 877 g/mol. The van der Waals surface area contributed by atoms with Gasteiger partial charge in [-0.1, -0.05) is 52.3 Å². The Balaban J connectivity index is 1.28. The Morgan fingerprint density at radius 3 is 2.05 bits per heavy atom. The van der Waals surface area contributed by atoms with Crippen LogP contribution < -0.4 is 9.47 Å². The highest BCUT2D eigenvalue weighted by Crippen LogP contribution is 2.41. The number of hydrogen-bond donors (Lipinski definition) is 0. The number of esters is 1. The number of nitrogens with zero attached hydrogens (tertiary/aromatic N) is 3. The van der Waals surface area contributed by atoms with Crippen LogP contribution in [0.5, 0.6) is 11.5 Å². The molecular formula is C43H40BrF2N3O6S2. The minimum Gasteiger partial charge on any atom is -0.497 e. The summed E-state index contributed by atoms with van der Waals surface area (Å²) in [6.45, 7) is 1.69. The maximum atomic E-state index is 16.4. The zero-order valence-electron chi connectivity index (χ0n) is 31.5. The van der Waals surface area contributed by atoms with Crippen molar-refractivity contribution in [2.75, 3.05) is 20.8 Å². The first kappa shape index (κ1) is 40.3. The van der Waals surface area contributed by atoms with Gasteiger partial charge in [-0.25, -0.2) is 27.0 Å². The third-order valence-electron chi connectivity index (χ3n) is 9.76. The van der Waals surface area contributed by atoms with Gasteiger partial charge in [0, 0.05) is 46.4 Å². The summed E-state index contributed by atoms with van der Waals surface area (Å²) in [4.78, 5) is 16.2. The Labute approximate surface area is 343 Å². The number of ether oxygens (including phenoxy) is 3. The predicted octanol–water partition coefficient (Wildman–Crippen LogP) is 9.91. The summed E-state index contributed by atoms with van der Waals surface area (Å²) in [5, 5.41) is 2.29. The van der Waals surface area contributed by atoms with Crippen LogP contribution in [-0.2, 0) is 40.8 Å². The van der Waals surface area contributed by atoms with E-state index in [2.05, 4.69) is 20.9 Å². The van der Waals surface area contributed by atoms with Crippen molar-refractivity contribution in [1.29, 1.82) is 0 Å². The molecule has 0 N–H and O–H groups in total. The molecule has 6 aromatic rings. The number of sulfonamides is 1. The van der Waals surface area contributed by atoms with E-state index in [4.69, 9.17) is 14.2 Å². The van der Waals surface area contributed by atoms with Crippen LogP contribution in [0.25, 0.3) is 21.8 Å². The molecule has 2 aromatic heterocycles. The summed E-state index contributed by atoms with van der Waals surface area (Å²) in [5.74, 6) is -1.31. The van der Waals surface area contributed by atoms with E-state index in [1.807, 2.05) is 34.9 Å². The van der Waals surface area contributed by atoms with E-state index in [0.29, 0.717) is 40.0 Å². The molecule has 0 bridgehead atoms. The zero-order chi connectivity index (χ0) is 40.3. The van der Waals surface area contributed by atoms with Crippen LogP contribution in [-0.4, -0.2) is 49.1 Å². The molecule has 4 aromatic carbocycles. The number of carbonyl (C=O) groups excluding carboxylic acids is 1. The fraction of sp³-hybridized carbons (Fsp3) is 0.256. The topological polar surface area (TPSA) is 100.0 Å². The normalized spacial score (nSPS) is 12.9. The van der Waals surface area contributed by atoms with Crippen LogP contribution in [0.4, 0.5) is 8.78 Å². The van der Waals surface area contributed by atoms with Crippen LogP contribution >= 0.6 is 27.3 Å². The second-order valence-electron chi connectivity index (χ2n) is 13.8. The molecule has 1 fully saturated rings. The number of aromatic nitrogens is 2. The standard InChI is InChI=1S/C43H40BrF2N3O6S2/c1-4-55-43(50)38-26-56-42(47-38)35-22-39(31-6-5-7-32(44)21-31)49(40(35)20-27-8-9-27)25-30-18-36(45)41(37(46)19-30)57(51,52)48(23-28-10-14-33(53-2)15-11-28)24-29-12-16-34(54-3)17-13-29/h5-7,10-19,21-22,26-27H,4,8-9,20,23-25H2,1-3H3. The molecule has 0 unspecified atom stereocenters. The highest BCUT2D eigenvalue weighted by Gasteiger charge is 2.33. The van der Waals surface area contributed by atoms with Gasteiger partial charge < -0.3 is 18.8 Å². The van der Waals surface area contributed by atoms with Crippen molar-refractivity contribution in [3.63, 3.8) is 0 Å². The Morgan fingerprint density at radius 1 is 0.895 bits per heavy atom. The van der Waals surface area contributed by atoms with Crippen molar-refractivity contribution in [1.82, 2.24) is 13.9 Å². The number of carbonyl (C=O) groups is 1. The Bertz CT molecular complexity index is 2430. The van der Waals surface area contributed by atoms with Crippen molar-refractivity contribution < 1.29 is 36.2 Å². The molecule has 0 spiro atoms. The molecule has 0 aliphatic heterocycles. The molecule has 0 radical (unpaired) electrons. The first-order valence-corrected chi connectivity index (χ1v) is 21.4. The smallest absolute Gasteiger partial charge is 0.357 e. The van der Waals surface area contributed by atoms with Gasteiger partial charge in [-0.15, -0.1) is 11.3 Å². The van der Waals surface area contributed by atoms with E-state index < -0.39 is 32.5 Å². The fourth-order valence-electron chi connectivity index (χ4n) is 6.71. The van der Waals surface area contributed by atoms with E-state index >= 15 is 8.78 Å². The number of halogens is 3. The fourth-order valence-corrected chi connectivity index (χ4v) is 9.44. The Hall–Kier alpha value is -4.89. The van der Waals surface area contributed by atoms with Crippen molar-refractivity contribution >= 4 is 43.3 Å². The molecule has 9 nitrogen and oxygen atoms in total. The second kappa shape index (κ2) is 17.3. The summed E-state index contributed by atoms with van der Waals surface area (Å²) in [6.07, 6.45) is 2.77. The molecule has 0 amide bonds. The van der Waals surface area contributed by atoms with Crippen molar-refractivity contribution in [2.24, 2.45) is 5.92 Å². The average Bonchev–Trinajstić information content (AvgIpc) is 3.76. The number of hydrogen-bond acceptors (Lipinski definition) is 8. The van der Waals surface area contributed by atoms with Gasteiger partial charge in [0.05, 0.1) is 20.8 Å². The number of methoxy groups -OCH3 is 2. The Kier molecular flexibility index (Phi) is 12.2. The lowest BCUT2D eigenvalue weighted by Crippen LogP contribution is -2.31. The molecule has 0 atom stereocenters. The van der Waals surface area contributed by atoms with E-state index in [1.54, 1.807) is 60.8 Å². The molecule has 2 heterocycles. The maximum Gasteiger partial charge on any atom is 0.357 e. The summed E-state index contributed by atoms with van der Waals surface area (Å²) < 4.78 is 81.1. The third kappa shape index (κ3) is 9.14. The van der Waals surface area contributed by atoms with Crippen LogP contribution in [0.2, 0.25) is 0 Å². The largest absolute Gasteiger partial charge is 0.497 e. The van der Waals surface area contributed by atoms with Crippen molar-refractivity contribution in [2.45, 2.75) is 50.7 Å². The molecule has 1 aliphatic rings. The summed E-state index contributed by atoms with van der Waals surface area (Å²) in [6, 6.07) is 25.5. The SMILES string of the molecule is CCOC(=O)c1csc(-c2cc(-c3cccc(Br)c3)n(Cc3cc(F)c(S(=O)(=O)N(Cc4ccc(OC)cc4)Cc4ccc(OC)cc4)c(F)c3)c2CC2CC2)n1. The summed E-state index contributed by atoms with van der Waals surface area (Å²) in [5.41, 5.74) is 4.99. The molecule has 14 heteroatoms. The first-order chi connectivity index (χ1) is 27.5. The number of benzene rings is 4. The lowest BCUT2D eigenvalue weighted by atomic mass is 10.1. The highest BCUT2D eigenvalue weighted by atomic mass is 79.9. The molecule has 7 rings (SSSR count). The van der Waals surface area contributed by atoms with Gasteiger partial charge in [0.15, 0.2) is 10.6 Å². The first-order valence-electron chi connectivity index (χ1n) is 18.3. The van der Waals surface area contributed by atoms with Gasteiger partial charge in [-0.3, -0.25) is 0 Å². The van der Waals surface area contributed by atoms with Gasteiger partial charge in [-0.2, -0.15) is 4.31 Å². The number of thiazole rings is 1. The lowest BCUT2D eigenvalue weighted by molar-refractivity contribution is 0.0520. The van der Waals surface area contributed by atoms with Gasteiger partial charge in [0.25, 0.3) is 0 Å². The van der Waals surface area contributed by atoms with Gasteiger partial charge >= 0.3 is 5.97 Å². The van der Waals surface area contributed by atoms with Crippen LogP contribution in [0, 0.1) is 17.6 Å². The minimum atomic E-state index is -4.73. The predicted molar refractivity (Wildman–Crippen MR) is 219 cm³/mol. The van der Waals surface area contributed by atoms with Gasteiger partial charge in [0.1, 0.15) is 28.1 Å². The van der Waals surface area contributed by atoms with Crippen molar-refractivity contribution in [3.05, 3.63) is 141 Å². The molecular weight excluding hydrogens is 837 g/mol. The van der Waals surface area contributed by atoms with E-state index in [-0.39, 0.29) is 37.5 Å². The van der Waals surface area contributed by atoms with E-state index in [9.17, 15) is 13.2 Å². The van der Waals surface area contributed by atoms with Gasteiger partial charge in [-0.05, 0) is 109 Å². The highest BCUT2D eigenvalue weighted by molar-refractivity contribution is 9.10. The molecule has 1 aliphatic carbocycles. The summed E-state index contributed by atoms with van der Waals surface area (Å²) in [7, 11) is -1.67. The van der Waals surface area contributed by atoms with Crippen LogP contribution in [0.3, 0.4) is 0 Å². The maximum absolute atomic E-state index is 16.4. The monoisotopic (exact) mass is 875 g/mol. The molecule has 0 saturated heterocycles. The zero-order valence-corrected chi connectivity index (χ0v) is 34.7. The molecule has 296 valence electrons. The molecule has 57 heavy (non-hydrogen) atoms. The number of rotatable bonds is 16. The van der Waals surface area contributed by atoms with Gasteiger partial charge in [0.2, 0.25) is 10.0 Å². The second-order valence-corrected chi connectivity index (χ2v) is 17.4. The Morgan fingerprint density at radius 2 is 1.51 bits per heavy atom. The minimum absolute atomic E-state index is 0.0373. The quantitative estimate of drug-likeness (QED) is 0.0893. The van der Waals surface area contributed by atoms with Crippen LogP contribution in [0.15, 0.2) is 106 Å². The van der Waals surface area contributed by atoms with E-state index in [1.165, 1.54) is 25.6 Å². The molecule has 1 saturated carbocycles. The van der Waals surface area contributed by atoms with Crippen LogP contribution in [0.1, 0.15) is 52.6 Å².